The van der Waals surface area contributed by atoms with Crippen LogP contribution in [0.2, 0.25) is 0 Å². The molecule has 3 aromatic rings. The largest absolute Gasteiger partial charge is 0.497 e. The fourth-order valence-corrected chi connectivity index (χ4v) is 4.61. The summed E-state index contributed by atoms with van der Waals surface area (Å²) in [6.45, 7) is 1.41. The van der Waals surface area contributed by atoms with Crippen molar-refractivity contribution in [2.24, 2.45) is 0 Å². The van der Waals surface area contributed by atoms with Gasteiger partial charge >= 0.3 is 0 Å². The van der Waals surface area contributed by atoms with Gasteiger partial charge in [0.1, 0.15) is 11.3 Å². The summed E-state index contributed by atoms with van der Waals surface area (Å²) in [5.74, 6) is 0.806. The molecule has 192 valence electrons. The summed E-state index contributed by atoms with van der Waals surface area (Å²) in [7, 11) is 1.54. The SMILES string of the molecule is COc1ccc(NC(=O)C(c2cc3c(cc2[N+](=O)[O-])OCO3)[NH+]2CCN(C(=O)c3ccco3)CC2)cc1. The zero-order valence-electron chi connectivity index (χ0n) is 20.0. The van der Waals surface area contributed by atoms with Gasteiger partial charge in [-0.1, -0.05) is 0 Å². The van der Waals surface area contributed by atoms with Crippen LogP contribution in [-0.4, -0.2) is 61.7 Å². The van der Waals surface area contributed by atoms with Crippen LogP contribution in [0.1, 0.15) is 22.2 Å². The maximum absolute atomic E-state index is 13.7. The number of carbonyl (C=O) groups excluding carboxylic acids is 2. The van der Waals surface area contributed by atoms with Gasteiger partial charge < -0.3 is 33.7 Å². The van der Waals surface area contributed by atoms with E-state index in [0.717, 1.165) is 4.90 Å². The Morgan fingerprint density at radius 1 is 1.11 bits per heavy atom. The number of nitro groups is 1. The first-order chi connectivity index (χ1) is 17.9. The number of hydrogen-bond acceptors (Lipinski definition) is 8. The molecule has 1 aromatic heterocycles. The Balaban J connectivity index is 1.44. The van der Waals surface area contributed by atoms with Crippen molar-refractivity contribution in [3.8, 4) is 17.2 Å². The van der Waals surface area contributed by atoms with Crippen LogP contribution in [0.3, 0.4) is 0 Å². The van der Waals surface area contributed by atoms with Crippen LogP contribution in [0, 0.1) is 10.1 Å². The minimum absolute atomic E-state index is 0.0565. The molecule has 0 bridgehead atoms. The monoisotopic (exact) mass is 509 g/mol. The molecule has 3 heterocycles. The lowest BCUT2D eigenvalue weighted by atomic mass is 10.00. The Morgan fingerprint density at radius 3 is 2.43 bits per heavy atom. The molecule has 12 nitrogen and oxygen atoms in total. The fraction of sp³-hybridized carbons (Fsp3) is 0.280. The molecule has 37 heavy (non-hydrogen) atoms. The first kappa shape index (κ1) is 24.1. The molecule has 0 radical (unpaired) electrons. The van der Waals surface area contributed by atoms with Gasteiger partial charge in [-0.2, -0.15) is 0 Å². The lowest BCUT2D eigenvalue weighted by Gasteiger charge is -2.35. The second-order valence-electron chi connectivity index (χ2n) is 8.60. The molecule has 0 saturated carbocycles. The second-order valence-corrected chi connectivity index (χ2v) is 8.60. The minimum atomic E-state index is -0.946. The van der Waals surface area contributed by atoms with Crippen molar-refractivity contribution < 1.29 is 38.0 Å². The Hall–Kier alpha value is -4.58. The van der Waals surface area contributed by atoms with Crippen molar-refractivity contribution in [3.63, 3.8) is 0 Å². The maximum Gasteiger partial charge on any atom is 0.289 e. The average molecular weight is 509 g/mol. The molecular weight excluding hydrogens is 484 g/mol. The van der Waals surface area contributed by atoms with E-state index >= 15 is 0 Å². The van der Waals surface area contributed by atoms with Crippen molar-refractivity contribution >= 4 is 23.2 Å². The van der Waals surface area contributed by atoms with Crippen molar-refractivity contribution in [2.75, 3.05) is 45.4 Å². The van der Waals surface area contributed by atoms with Crippen LogP contribution in [0.15, 0.2) is 59.2 Å². The number of piperazine rings is 1. The van der Waals surface area contributed by atoms with Crippen molar-refractivity contribution in [1.82, 2.24) is 4.90 Å². The van der Waals surface area contributed by atoms with Gasteiger partial charge in [0.15, 0.2) is 23.3 Å². The highest BCUT2D eigenvalue weighted by Gasteiger charge is 2.41. The first-order valence-electron chi connectivity index (χ1n) is 11.6. The molecule has 12 heteroatoms. The van der Waals surface area contributed by atoms with Gasteiger partial charge in [-0.25, -0.2) is 0 Å². The molecule has 0 spiro atoms. The zero-order chi connectivity index (χ0) is 25.9. The number of nitrogens with one attached hydrogen (secondary N) is 2. The van der Waals surface area contributed by atoms with Crippen LogP contribution >= 0.6 is 0 Å². The number of nitrogens with zero attached hydrogens (tertiary/aromatic N) is 2. The summed E-state index contributed by atoms with van der Waals surface area (Å²) in [6.07, 6.45) is 1.44. The minimum Gasteiger partial charge on any atom is -0.497 e. The number of fused-ring (bicyclic) bond motifs is 1. The van der Waals surface area contributed by atoms with Crippen molar-refractivity contribution in [1.29, 1.82) is 0 Å². The number of hydrogen-bond donors (Lipinski definition) is 2. The summed E-state index contributed by atoms with van der Waals surface area (Å²) >= 11 is 0. The van der Waals surface area contributed by atoms with E-state index in [1.165, 1.54) is 18.4 Å². The van der Waals surface area contributed by atoms with E-state index in [1.807, 2.05) is 0 Å². The molecule has 0 aliphatic carbocycles. The molecular formula is C25H25N4O8+. The Bertz CT molecular complexity index is 1300. The first-order valence-corrected chi connectivity index (χ1v) is 11.6. The van der Waals surface area contributed by atoms with Gasteiger partial charge in [0.05, 0.1) is 50.5 Å². The lowest BCUT2D eigenvalue weighted by Crippen LogP contribution is -3.16. The second kappa shape index (κ2) is 10.2. The van der Waals surface area contributed by atoms with Gasteiger partial charge in [0.2, 0.25) is 6.79 Å². The number of benzene rings is 2. The quantitative estimate of drug-likeness (QED) is 0.362. The smallest absolute Gasteiger partial charge is 0.289 e. The van der Waals surface area contributed by atoms with Crippen LogP contribution in [0.25, 0.3) is 0 Å². The Labute approximate surface area is 211 Å². The van der Waals surface area contributed by atoms with Crippen LogP contribution in [0.4, 0.5) is 11.4 Å². The number of rotatable bonds is 7. The number of anilines is 1. The number of nitro benzene ring substituents is 1. The molecule has 5 rings (SSSR count). The highest BCUT2D eigenvalue weighted by atomic mass is 16.7. The van der Waals surface area contributed by atoms with Gasteiger partial charge in [-0.05, 0) is 36.4 Å². The van der Waals surface area contributed by atoms with E-state index in [9.17, 15) is 19.7 Å². The standard InChI is InChI=1S/C25H24N4O8/c1-34-17-6-4-16(5-7-17)26-24(30)23(18-13-21-22(37-15-36-21)14-19(18)29(32)33)27-8-10-28(11-9-27)25(31)20-3-2-12-35-20/h2-7,12-14,23H,8-11,15H2,1H3,(H,26,30)/p+1. The van der Waals surface area contributed by atoms with E-state index in [2.05, 4.69) is 5.32 Å². The number of carbonyl (C=O) groups is 2. The highest BCUT2D eigenvalue weighted by molar-refractivity contribution is 5.95. The molecule has 2 aliphatic heterocycles. The summed E-state index contributed by atoms with van der Waals surface area (Å²) in [6, 6.07) is 11.9. The van der Waals surface area contributed by atoms with Crippen molar-refractivity contribution in [2.45, 2.75) is 6.04 Å². The third-order valence-electron chi connectivity index (χ3n) is 6.48. The molecule has 1 fully saturated rings. The molecule has 2 aromatic carbocycles. The molecule has 1 atom stereocenters. The van der Waals surface area contributed by atoms with E-state index in [0.29, 0.717) is 43.4 Å². The Kier molecular flexibility index (Phi) is 6.64. The number of furan rings is 1. The molecule has 2 amide bonds. The van der Waals surface area contributed by atoms with Crippen LogP contribution in [-0.2, 0) is 4.79 Å². The maximum atomic E-state index is 13.7. The molecule has 1 saturated heterocycles. The average Bonchev–Trinajstić information content (AvgIpc) is 3.61. The van der Waals surface area contributed by atoms with Gasteiger partial charge in [0.25, 0.3) is 17.5 Å². The van der Waals surface area contributed by atoms with E-state index in [1.54, 1.807) is 48.4 Å². The van der Waals surface area contributed by atoms with Crippen molar-refractivity contribution in [3.05, 3.63) is 76.2 Å². The summed E-state index contributed by atoms with van der Waals surface area (Å²) < 4.78 is 21.2. The molecule has 2 aliphatic rings. The topological polar surface area (TPSA) is 138 Å². The fourth-order valence-electron chi connectivity index (χ4n) is 4.61. The van der Waals surface area contributed by atoms with E-state index < -0.39 is 16.9 Å². The lowest BCUT2D eigenvalue weighted by molar-refractivity contribution is -0.925. The summed E-state index contributed by atoms with van der Waals surface area (Å²) in [5.41, 5.74) is 0.493. The van der Waals surface area contributed by atoms with Crippen LogP contribution < -0.4 is 24.4 Å². The van der Waals surface area contributed by atoms with E-state index in [-0.39, 0.29) is 35.5 Å². The Morgan fingerprint density at radius 2 is 1.81 bits per heavy atom. The van der Waals surface area contributed by atoms with Gasteiger partial charge in [-0.15, -0.1) is 0 Å². The third-order valence-corrected chi connectivity index (χ3v) is 6.48. The predicted octanol–water partition coefficient (Wildman–Crippen LogP) is 1.65. The third kappa shape index (κ3) is 4.91. The van der Waals surface area contributed by atoms with Gasteiger partial charge in [-0.3, -0.25) is 19.7 Å². The summed E-state index contributed by atoms with van der Waals surface area (Å²) in [4.78, 5) is 40.3. The normalized spacial score (nSPS) is 15.8. The molecule has 1 unspecified atom stereocenters. The van der Waals surface area contributed by atoms with Gasteiger partial charge in [0, 0.05) is 11.8 Å². The van der Waals surface area contributed by atoms with Crippen LogP contribution in [0.5, 0.6) is 17.2 Å². The molecule has 2 N–H and O–H groups in total. The summed E-state index contributed by atoms with van der Waals surface area (Å²) in [5, 5.41) is 14.9. The highest BCUT2D eigenvalue weighted by Crippen LogP contribution is 2.40. The number of ether oxygens (including phenoxy) is 3. The number of amides is 2. The number of methoxy groups -OCH3 is 1. The zero-order valence-corrected chi connectivity index (χ0v) is 20.0. The van der Waals surface area contributed by atoms with E-state index in [4.69, 9.17) is 18.6 Å². The number of quaternary nitrogens is 1. The predicted molar refractivity (Wildman–Crippen MR) is 129 cm³/mol.